The lowest BCUT2D eigenvalue weighted by Gasteiger charge is -2.19. The van der Waals surface area contributed by atoms with Crippen molar-refractivity contribution >= 4 is 80.4 Å². The average molecular weight is 923 g/mol. The molecule has 5 aromatic carbocycles. The third kappa shape index (κ3) is 11.6. The number of rotatable bonds is 18. The number of carbonyl (C=O) groups excluding carboxylic acids is 4. The number of anilines is 4. The molecule has 66 heavy (non-hydrogen) atoms. The van der Waals surface area contributed by atoms with E-state index < -0.39 is 74.0 Å². The number of aromatic carboxylic acids is 1. The predicted molar refractivity (Wildman–Crippen MR) is 243 cm³/mol. The summed E-state index contributed by atoms with van der Waals surface area (Å²) in [6.07, 6.45) is 2.13. The van der Waals surface area contributed by atoms with E-state index in [1.807, 2.05) is 0 Å². The van der Waals surface area contributed by atoms with Crippen molar-refractivity contribution in [2.45, 2.75) is 24.3 Å². The van der Waals surface area contributed by atoms with E-state index in [-0.39, 0.29) is 51.2 Å². The second-order valence-electron chi connectivity index (χ2n) is 13.9. The van der Waals surface area contributed by atoms with E-state index in [2.05, 4.69) is 31.1 Å². The van der Waals surface area contributed by atoms with E-state index in [4.69, 9.17) is 20.7 Å². The van der Waals surface area contributed by atoms with Crippen LogP contribution in [0.15, 0.2) is 113 Å². The molecule has 0 aliphatic heterocycles. The van der Waals surface area contributed by atoms with Crippen LogP contribution in [0.5, 0.6) is 28.7 Å². The van der Waals surface area contributed by atoms with Gasteiger partial charge in [0.15, 0.2) is 23.0 Å². The Morgan fingerprint density at radius 1 is 0.742 bits per heavy atom. The number of nitrogens with one attached hydrogen (secondary N) is 6. The minimum atomic E-state index is -4.42. The molecule has 342 valence electrons. The maximum Gasteiger partial charge on any atom is 0.339 e. The van der Waals surface area contributed by atoms with Gasteiger partial charge in [0.2, 0.25) is 5.91 Å². The number of hydrazone groups is 1. The number of nitrogens with zero attached hydrogens (tertiary/aromatic N) is 1. The van der Waals surface area contributed by atoms with Crippen molar-refractivity contribution in [1.82, 2.24) is 5.32 Å². The van der Waals surface area contributed by atoms with Crippen molar-refractivity contribution in [3.8, 4) is 28.7 Å². The van der Waals surface area contributed by atoms with Crippen molar-refractivity contribution in [3.05, 3.63) is 125 Å². The molecule has 0 aromatic heterocycles. The van der Waals surface area contributed by atoms with Crippen LogP contribution in [0.1, 0.15) is 50.0 Å². The highest BCUT2D eigenvalue weighted by atomic mass is 32.2. The summed E-state index contributed by atoms with van der Waals surface area (Å²) in [5, 5.41) is 61.3. The van der Waals surface area contributed by atoms with Gasteiger partial charge in [-0.2, -0.15) is 5.10 Å². The van der Waals surface area contributed by atoms with Crippen molar-refractivity contribution in [1.29, 1.82) is 5.41 Å². The van der Waals surface area contributed by atoms with Crippen molar-refractivity contribution in [2.24, 2.45) is 10.9 Å². The van der Waals surface area contributed by atoms with Crippen LogP contribution in [0.3, 0.4) is 0 Å². The Hall–Kier alpha value is -8.92. The third-order valence-corrected chi connectivity index (χ3v) is 10.9. The summed E-state index contributed by atoms with van der Waals surface area (Å²) < 4.78 is 39.5. The molecular weight excluding hydrogens is 881 g/mol. The Bertz CT molecular complexity index is 2870. The Balaban J connectivity index is 1.25. The Kier molecular flexibility index (Phi) is 15.3. The summed E-state index contributed by atoms with van der Waals surface area (Å²) in [5.74, 6) is -1.19. The van der Waals surface area contributed by atoms with Gasteiger partial charge in [-0.15, -0.1) is 0 Å². The number of phenols is 3. The van der Waals surface area contributed by atoms with Gasteiger partial charge in [0.1, 0.15) is 17.4 Å². The molecule has 1 atom stereocenters. The average Bonchev–Trinajstić information content (AvgIpc) is 3.28. The van der Waals surface area contributed by atoms with Crippen LogP contribution in [0.25, 0.3) is 6.08 Å². The van der Waals surface area contributed by atoms with E-state index >= 15 is 0 Å². The lowest BCUT2D eigenvalue weighted by Crippen LogP contribution is -2.45. The summed E-state index contributed by atoms with van der Waals surface area (Å²) in [6.45, 7) is 1.61. The number of methoxy groups -OCH3 is 2. The SMILES string of the molecule is COc1c(NC(=O)c2ccc(NS(=O)(=O)c3ccc(NC(=O)[C@H](C/C(C=N)=N/N)NC(=O)c4ccc(NC(=O)/C(C)=C/c5ccc(O)cc5)cc4)cc3)c(OC)c2O)ccc(C(=O)O)c1O. The van der Waals surface area contributed by atoms with Crippen LogP contribution in [0, 0.1) is 5.41 Å². The molecular formula is C44H42N8O13S. The van der Waals surface area contributed by atoms with Gasteiger partial charge in [0.05, 0.1) is 41.8 Å². The van der Waals surface area contributed by atoms with Crippen LogP contribution < -0.4 is 41.3 Å². The highest BCUT2D eigenvalue weighted by Gasteiger charge is 2.27. The molecule has 12 N–H and O–H groups in total. The highest BCUT2D eigenvalue weighted by Crippen LogP contribution is 2.41. The zero-order valence-corrected chi connectivity index (χ0v) is 35.9. The monoisotopic (exact) mass is 922 g/mol. The normalized spacial score (nSPS) is 11.9. The van der Waals surface area contributed by atoms with Gasteiger partial charge in [0, 0.05) is 35.1 Å². The molecule has 21 nitrogen and oxygen atoms in total. The fourth-order valence-corrected chi connectivity index (χ4v) is 7.12. The minimum Gasteiger partial charge on any atom is -0.508 e. The van der Waals surface area contributed by atoms with Crippen LogP contribution >= 0.6 is 0 Å². The molecule has 0 heterocycles. The first-order valence-electron chi connectivity index (χ1n) is 19.1. The van der Waals surface area contributed by atoms with Gasteiger partial charge >= 0.3 is 5.97 Å². The number of phenolic OH excluding ortho intramolecular Hbond substituents is 2. The standard InChI is InChI=1S/C44H42N8O13S/c1-23(20-24-4-12-29(53)13-5-24)40(56)47-26-8-6-25(7-9-26)41(57)50-35(21-28(22-45)51-46)43(59)48-27-10-14-30(15-11-27)66(62,63)52-34-19-16-31(36(54)39(34)65-3)42(58)49-33-18-17-32(44(60)61)37(55)38(33)64-2/h4-20,22,35,45,52-55H,21,46H2,1-3H3,(H,47,56)(H,48,59)(H,49,58)(H,50,57)(H,60,61)/b23-20+,45-22?,51-28-/t35-/m0/s1. The molecule has 5 aromatic rings. The number of nitrogens with two attached hydrogens (primary N) is 1. The van der Waals surface area contributed by atoms with Gasteiger partial charge in [-0.25, -0.2) is 13.2 Å². The maximum absolute atomic E-state index is 13.5. The molecule has 0 radical (unpaired) electrons. The number of carbonyl (C=O) groups is 5. The first-order chi connectivity index (χ1) is 31.4. The Morgan fingerprint density at radius 3 is 1.89 bits per heavy atom. The number of sulfonamides is 1. The Morgan fingerprint density at radius 2 is 1.30 bits per heavy atom. The number of amides is 4. The van der Waals surface area contributed by atoms with Gasteiger partial charge in [0.25, 0.3) is 27.7 Å². The van der Waals surface area contributed by atoms with E-state index in [1.54, 1.807) is 25.1 Å². The topological polar surface area (TPSA) is 341 Å². The van der Waals surface area contributed by atoms with Crippen molar-refractivity contribution < 1.29 is 62.3 Å². The zero-order chi connectivity index (χ0) is 48.3. The van der Waals surface area contributed by atoms with Gasteiger partial charge in [-0.3, -0.25) is 23.9 Å². The molecule has 0 saturated heterocycles. The molecule has 0 unspecified atom stereocenters. The largest absolute Gasteiger partial charge is 0.508 e. The van der Waals surface area contributed by atoms with E-state index in [9.17, 15) is 52.8 Å². The van der Waals surface area contributed by atoms with Gasteiger partial charge in [-0.05, 0) is 103 Å². The highest BCUT2D eigenvalue weighted by molar-refractivity contribution is 7.92. The number of aromatic hydroxyl groups is 3. The van der Waals surface area contributed by atoms with Gasteiger partial charge < -0.3 is 62.4 Å². The van der Waals surface area contributed by atoms with Crippen LogP contribution in [-0.2, 0) is 19.6 Å². The molecule has 0 fully saturated rings. The second-order valence-corrected chi connectivity index (χ2v) is 15.6. The summed E-state index contributed by atoms with van der Waals surface area (Å²) in [6, 6.07) is 19.9. The molecule has 0 spiro atoms. The molecule has 4 amide bonds. The summed E-state index contributed by atoms with van der Waals surface area (Å²) in [5.41, 5.74) is 0.297. The number of benzene rings is 5. The maximum atomic E-state index is 13.5. The smallest absolute Gasteiger partial charge is 0.339 e. The lowest BCUT2D eigenvalue weighted by molar-refractivity contribution is -0.117. The van der Waals surface area contributed by atoms with E-state index in [0.717, 1.165) is 56.8 Å². The van der Waals surface area contributed by atoms with E-state index in [0.29, 0.717) is 16.8 Å². The number of ether oxygens (including phenoxy) is 2. The van der Waals surface area contributed by atoms with Crippen LogP contribution in [0.4, 0.5) is 22.7 Å². The lowest BCUT2D eigenvalue weighted by atomic mass is 10.1. The van der Waals surface area contributed by atoms with Crippen molar-refractivity contribution in [3.63, 3.8) is 0 Å². The molecule has 0 aliphatic carbocycles. The number of hydrogen-bond donors (Lipinski definition) is 11. The fourth-order valence-electron chi connectivity index (χ4n) is 6.06. The number of carboxylic acids is 1. The third-order valence-electron chi connectivity index (χ3n) is 9.48. The Labute approximate surface area is 376 Å². The van der Waals surface area contributed by atoms with Gasteiger partial charge in [-0.1, -0.05) is 12.1 Å². The predicted octanol–water partition coefficient (Wildman–Crippen LogP) is 4.71. The molecule has 22 heteroatoms. The van der Waals surface area contributed by atoms with Crippen molar-refractivity contribution in [2.75, 3.05) is 34.9 Å². The molecule has 0 aliphatic rings. The first kappa shape index (κ1) is 48.1. The zero-order valence-electron chi connectivity index (χ0n) is 35.1. The van der Waals surface area contributed by atoms with Crippen LogP contribution in [0.2, 0.25) is 0 Å². The van der Waals surface area contributed by atoms with E-state index in [1.165, 1.54) is 48.5 Å². The second kappa shape index (κ2) is 21.0. The first-order valence-corrected chi connectivity index (χ1v) is 20.6. The number of hydrogen-bond acceptors (Lipinski definition) is 15. The fraction of sp³-hybridized carbons (Fsp3) is 0.114. The molecule has 0 bridgehead atoms. The van der Waals surface area contributed by atoms with Crippen LogP contribution in [-0.4, -0.2) is 90.6 Å². The summed E-state index contributed by atoms with van der Waals surface area (Å²) in [4.78, 5) is 63.8. The molecule has 5 rings (SSSR count). The number of carboxylic acid groups (broad SMARTS) is 1. The summed E-state index contributed by atoms with van der Waals surface area (Å²) >= 11 is 0. The summed E-state index contributed by atoms with van der Waals surface area (Å²) in [7, 11) is -2.18. The minimum absolute atomic E-state index is 0.0420. The molecule has 0 saturated carbocycles. The quantitative estimate of drug-likeness (QED) is 0.0246.